The number of rotatable bonds is 0. The molecular formula is C7H16N4. The van der Waals surface area contributed by atoms with Crippen LogP contribution >= 0.6 is 0 Å². The zero-order valence-corrected chi connectivity index (χ0v) is 6.85. The lowest BCUT2D eigenvalue weighted by Crippen LogP contribution is -2.72. The van der Waals surface area contributed by atoms with Crippen molar-refractivity contribution in [3.05, 3.63) is 0 Å². The maximum absolute atomic E-state index is 3.48. The predicted molar refractivity (Wildman–Crippen MR) is 44.2 cm³/mol. The first-order valence-corrected chi connectivity index (χ1v) is 4.31. The van der Waals surface area contributed by atoms with Crippen molar-refractivity contribution < 1.29 is 0 Å². The summed E-state index contributed by atoms with van der Waals surface area (Å²) < 4.78 is 0. The molecule has 3 unspecified atom stereocenters. The van der Waals surface area contributed by atoms with Gasteiger partial charge in [0, 0.05) is 25.8 Å². The van der Waals surface area contributed by atoms with E-state index < -0.39 is 0 Å². The molecule has 0 bridgehead atoms. The summed E-state index contributed by atoms with van der Waals surface area (Å²) in [5.41, 5.74) is 0. The average molecular weight is 156 g/mol. The molecule has 2 aliphatic heterocycles. The Morgan fingerprint density at radius 1 is 1.00 bits per heavy atom. The molecular weight excluding hydrogens is 140 g/mol. The number of hydrogen-bond acceptors (Lipinski definition) is 4. The van der Waals surface area contributed by atoms with Crippen molar-refractivity contribution in [3.8, 4) is 0 Å². The van der Waals surface area contributed by atoms with Crippen LogP contribution in [0.4, 0.5) is 0 Å². The van der Waals surface area contributed by atoms with Crippen LogP contribution in [0.1, 0.15) is 6.92 Å². The smallest absolute Gasteiger partial charge is 0.0755 e. The molecule has 2 rings (SSSR count). The van der Waals surface area contributed by atoms with Crippen LogP contribution in [0.15, 0.2) is 0 Å². The van der Waals surface area contributed by atoms with Gasteiger partial charge in [-0.15, -0.1) is 0 Å². The molecule has 3 atom stereocenters. The fourth-order valence-corrected chi connectivity index (χ4v) is 1.83. The highest BCUT2D eigenvalue weighted by atomic mass is 15.3. The molecule has 11 heavy (non-hydrogen) atoms. The van der Waals surface area contributed by atoms with Crippen LogP contribution in [0.5, 0.6) is 0 Å². The van der Waals surface area contributed by atoms with Crippen LogP contribution in [-0.4, -0.2) is 38.0 Å². The molecule has 0 aliphatic carbocycles. The number of fused-ring (bicyclic) bond motifs is 1. The van der Waals surface area contributed by atoms with E-state index in [4.69, 9.17) is 0 Å². The normalized spacial score (nSPS) is 45.0. The van der Waals surface area contributed by atoms with Gasteiger partial charge < -0.3 is 10.6 Å². The largest absolute Gasteiger partial charge is 0.309 e. The van der Waals surface area contributed by atoms with Crippen LogP contribution in [0.25, 0.3) is 0 Å². The van der Waals surface area contributed by atoms with Gasteiger partial charge in [-0.3, -0.25) is 10.6 Å². The highest BCUT2D eigenvalue weighted by Crippen LogP contribution is 2.03. The molecule has 2 saturated heterocycles. The summed E-state index contributed by atoms with van der Waals surface area (Å²) in [6.07, 6.45) is 0.458. The first kappa shape index (κ1) is 7.49. The SMILES string of the molecule is CC1NCNC2NCCNC12. The van der Waals surface area contributed by atoms with Crippen molar-refractivity contribution in [1.82, 2.24) is 21.3 Å². The van der Waals surface area contributed by atoms with Crippen molar-refractivity contribution in [2.75, 3.05) is 19.8 Å². The van der Waals surface area contributed by atoms with Gasteiger partial charge >= 0.3 is 0 Å². The molecule has 0 aromatic heterocycles. The minimum atomic E-state index is 0.458. The zero-order chi connectivity index (χ0) is 7.68. The standard InChI is InChI=1S/C7H16N4/c1-5-6-7(11-4-10-5)9-3-2-8-6/h5-11H,2-4H2,1H3. The second kappa shape index (κ2) is 3.06. The first-order valence-electron chi connectivity index (χ1n) is 4.31. The van der Waals surface area contributed by atoms with Gasteiger partial charge in [-0.05, 0) is 6.92 Å². The number of nitrogens with one attached hydrogen (secondary N) is 4. The summed E-state index contributed by atoms with van der Waals surface area (Å²) in [4.78, 5) is 0. The van der Waals surface area contributed by atoms with E-state index in [0.717, 1.165) is 19.8 Å². The van der Waals surface area contributed by atoms with Crippen LogP contribution in [-0.2, 0) is 0 Å². The molecule has 2 fully saturated rings. The minimum Gasteiger partial charge on any atom is -0.309 e. The Balaban J connectivity index is 1.99. The molecule has 4 nitrogen and oxygen atoms in total. The van der Waals surface area contributed by atoms with E-state index in [-0.39, 0.29) is 0 Å². The summed E-state index contributed by atoms with van der Waals surface area (Å²) in [7, 11) is 0. The van der Waals surface area contributed by atoms with Crippen molar-refractivity contribution in [2.45, 2.75) is 25.2 Å². The van der Waals surface area contributed by atoms with Gasteiger partial charge in [-0.25, -0.2) is 0 Å². The molecule has 0 spiro atoms. The first-order chi connectivity index (χ1) is 5.38. The third-order valence-corrected chi connectivity index (χ3v) is 2.51. The maximum Gasteiger partial charge on any atom is 0.0755 e. The summed E-state index contributed by atoms with van der Waals surface area (Å²) in [6.45, 7) is 5.28. The second-order valence-corrected chi connectivity index (χ2v) is 3.29. The third-order valence-electron chi connectivity index (χ3n) is 2.51. The summed E-state index contributed by atoms with van der Waals surface area (Å²) in [5.74, 6) is 0. The number of hydrogen-bond donors (Lipinski definition) is 4. The predicted octanol–water partition coefficient (Wildman–Crippen LogP) is -1.59. The highest BCUT2D eigenvalue weighted by Gasteiger charge is 2.31. The Kier molecular flexibility index (Phi) is 2.09. The molecule has 0 aromatic rings. The minimum absolute atomic E-state index is 0.458. The third kappa shape index (κ3) is 1.39. The van der Waals surface area contributed by atoms with E-state index in [1.54, 1.807) is 0 Å². The van der Waals surface area contributed by atoms with E-state index in [9.17, 15) is 0 Å². The van der Waals surface area contributed by atoms with E-state index in [2.05, 4.69) is 28.2 Å². The molecule has 0 radical (unpaired) electrons. The van der Waals surface area contributed by atoms with Gasteiger partial charge in [0.15, 0.2) is 0 Å². The topological polar surface area (TPSA) is 48.1 Å². The van der Waals surface area contributed by atoms with E-state index >= 15 is 0 Å². The molecule has 0 aromatic carbocycles. The Bertz CT molecular complexity index is 136. The average Bonchev–Trinajstić information content (AvgIpc) is 2.06. The quantitative estimate of drug-likeness (QED) is 0.342. The van der Waals surface area contributed by atoms with Crippen LogP contribution < -0.4 is 21.3 Å². The molecule has 4 N–H and O–H groups in total. The Labute approximate surface area is 67.1 Å². The summed E-state index contributed by atoms with van der Waals surface area (Å²) in [6, 6.07) is 1.10. The van der Waals surface area contributed by atoms with Crippen molar-refractivity contribution in [3.63, 3.8) is 0 Å². The van der Waals surface area contributed by atoms with Gasteiger partial charge in [-0.2, -0.15) is 0 Å². The molecule has 64 valence electrons. The van der Waals surface area contributed by atoms with Gasteiger partial charge in [0.1, 0.15) is 0 Å². The Hall–Kier alpha value is -0.160. The van der Waals surface area contributed by atoms with Crippen LogP contribution in [0.3, 0.4) is 0 Å². The summed E-state index contributed by atoms with van der Waals surface area (Å²) in [5, 5.41) is 13.7. The number of piperazine rings is 1. The Morgan fingerprint density at radius 2 is 1.82 bits per heavy atom. The lowest BCUT2D eigenvalue weighted by molar-refractivity contribution is 0.189. The van der Waals surface area contributed by atoms with Gasteiger partial charge in [-0.1, -0.05) is 0 Å². The second-order valence-electron chi connectivity index (χ2n) is 3.29. The highest BCUT2D eigenvalue weighted by molar-refractivity contribution is 4.94. The maximum atomic E-state index is 3.48. The fourth-order valence-electron chi connectivity index (χ4n) is 1.83. The van der Waals surface area contributed by atoms with E-state index in [1.165, 1.54) is 0 Å². The lowest BCUT2D eigenvalue weighted by Gasteiger charge is -2.42. The van der Waals surface area contributed by atoms with Gasteiger partial charge in [0.2, 0.25) is 0 Å². The van der Waals surface area contributed by atoms with Crippen molar-refractivity contribution >= 4 is 0 Å². The molecule has 4 heteroatoms. The monoisotopic (exact) mass is 156 g/mol. The molecule has 2 aliphatic rings. The zero-order valence-electron chi connectivity index (χ0n) is 6.85. The van der Waals surface area contributed by atoms with Gasteiger partial charge in [0.05, 0.1) is 12.2 Å². The van der Waals surface area contributed by atoms with E-state index in [1.807, 2.05) is 0 Å². The molecule has 0 saturated carbocycles. The fraction of sp³-hybridized carbons (Fsp3) is 1.00. The van der Waals surface area contributed by atoms with Gasteiger partial charge in [0.25, 0.3) is 0 Å². The lowest BCUT2D eigenvalue weighted by atomic mass is 10.0. The van der Waals surface area contributed by atoms with Crippen LogP contribution in [0, 0.1) is 0 Å². The summed E-state index contributed by atoms with van der Waals surface area (Å²) >= 11 is 0. The van der Waals surface area contributed by atoms with E-state index in [0.29, 0.717) is 18.2 Å². The molecule has 0 amide bonds. The van der Waals surface area contributed by atoms with Crippen LogP contribution in [0.2, 0.25) is 0 Å². The Morgan fingerprint density at radius 3 is 2.64 bits per heavy atom. The molecule has 2 heterocycles. The van der Waals surface area contributed by atoms with Crippen molar-refractivity contribution in [1.29, 1.82) is 0 Å². The van der Waals surface area contributed by atoms with Crippen molar-refractivity contribution in [2.24, 2.45) is 0 Å².